The van der Waals surface area contributed by atoms with E-state index in [2.05, 4.69) is 5.32 Å². The Balaban J connectivity index is 1.96. The third-order valence-electron chi connectivity index (χ3n) is 5.83. The number of carbonyl (C=O) groups excluding carboxylic acids is 2. The van der Waals surface area contributed by atoms with Gasteiger partial charge in [-0.15, -0.1) is 0 Å². The number of nitrogens with one attached hydrogen (secondary N) is 1. The molecule has 1 N–H and O–H groups in total. The molecule has 178 valence electrons. The smallest absolute Gasteiger partial charge is 0.243 e. The van der Waals surface area contributed by atoms with Crippen LogP contribution in [-0.4, -0.2) is 29.3 Å². The summed E-state index contributed by atoms with van der Waals surface area (Å²) in [7, 11) is 0. The summed E-state index contributed by atoms with van der Waals surface area (Å²) in [6.07, 6.45) is 0.501. The number of rotatable bonds is 10. The van der Waals surface area contributed by atoms with Gasteiger partial charge in [0.05, 0.1) is 6.42 Å². The van der Waals surface area contributed by atoms with Crippen molar-refractivity contribution >= 4 is 11.8 Å². The molecule has 0 fully saturated rings. The molecule has 0 unspecified atom stereocenters. The molecule has 0 radical (unpaired) electrons. The molecule has 0 bridgehead atoms. The number of aryl methyl sites for hydroxylation is 1. The van der Waals surface area contributed by atoms with E-state index in [9.17, 15) is 14.0 Å². The summed E-state index contributed by atoms with van der Waals surface area (Å²) in [5.74, 6) is -0.391. The van der Waals surface area contributed by atoms with Crippen molar-refractivity contribution in [2.45, 2.75) is 46.2 Å². The van der Waals surface area contributed by atoms with Crippen molar-refractivity contribution in [1.82, 2.24) is 10.2 Å². The molecule has 0 aliphatic carbocycles. The zero-order valence-corrected chi connectivity index (χ0v) is 20.1. The Morgan fingerprint density at radius 2 is 1.53 bits per heavy atom. The molecule has 1 atom stereocenters. The van der Waals surface area contributed by atoms with E-state index in [-0.39, 0.29) is 24.1 Å². The molecule has 0 spiro atoms. The Morgan fingerprint density at radius 1 is 0.882 bits per heavy atom. The van der Waals surface area contributed by atoms with Gasteiger partial charge in [-0.2, -0.15) is 0 Å². The van der Waals surface area contributed by atoms with Gasteiger partial charge in [0.25, 0.3) is 0 Å². The molecule has 5 heteroatoms. The highest BCUT2D eigenvalue weighted by Crippen LogP contribution is 2.18. The van der Waals surface area contributed by atoms with Gasteiger partial charge < -0.3 is 10.2 Å². The summed E-state index contributed by atoms with van der Waals surface area (Å²) in [5.41, 5.74) is 3.74. The highest BCUT2D eigenvalue weighted by Gasteiger charge is 2.30. The topological polar surface area (TPSA) is 49.4 Å². The largest absolute Gasteiger partial charge is 0.354 e. The highest BCUT2D eigenvalue weighted by atomic mass is 19.1. The fraction of sp³-hybridized carbons (Fsp3) is 0.310. The van der Waals surface area contributed by atoms with Crippen molar-refractivity contribution < 1.29 is 14.0 Å². The molecule has 34 heavy (non-hydrogen) atoms. The monoisotopic (exact) mass is 460 g/mol. The van der Waals surface area contributed by atoms with Crippen LogP contribution in [0.5, 0.6) is 0 Å². The van der Waals surface area contributed by atoms with Crippen molar-refractivity contribution in [2.24, 2.45) is 5.92 Å². The van der Waals surface area contributed by atoms with Crippen molar-refractivity contribution in [3.63, 3.8) is 0 Å². The van der Waals surface area contributed by atoms with Crippen LogP contribution in [0.3, 0.4) is 0 Å². The van der Waals surface area contributed by atoms with Gasteiger partial charge in [-0.3, -0.25) is 9.59 Å². The number of hydrogen-bond acceptors (Lipinski definition) is 2. The molecular formula is C29H33FN2O2. The Hall–Kier alpha value is -3.47. The van der Waals surface area contributed by atoms with Crippen LogP contribution >= 0.6 is 0 Å². The average Bonchev–Trinajstić information content (AvgIpc) is 2.83. The second kappa shape index (κ2) is 12.1. The van der Waals surface area contributed by atoms with E-state index < -0.39 is 6.04 Å². The first kappa shape index (κ1) is 25.2. The zero-order chi connectivity index (χ0) is 24.5. The van der Waals surface area contributed by atoms with Crippen LogP contribution in [0, 0.1) is 18.7 Å². The van der Waals surface area contributed by atoms with Crippen molar-refractivity contribution in [1.29, 1.82) is 0 Å². The molecule has 3 aromatic carbocycles. The van der Waals surface area contributed by atoms with E-state index in [0.717, 1.165) is 16.7 Å². The molecular weight excluding hydrogens is 427 g/mol. The normalized spacial score (nSPS) is 11.8. The molecule has 0 aromatic heterocycles. The molecule has 4 nitrogen and oxygen atoms in total. The average molecular weight is 461 g/mol. The van der Waals surface area contributed by atoms with Crippen LogP contribution in [0.15, 0.2) is 78.9 Å². The maximum absolute atomic E-state index is 13.6. The third kappa shape index (κ3) is 7.27. The van der Waals surface area contributed by atoms with Crippen LogP contribution in [0.4, 0.5) is 4.39 Å². The van der Waals surface area contributed by atoms with Crippen LogP contribution in [0.1, 0.15) is 36.1 Å². The van der Waals surface area contributed by atoms with Crippen molar-refractivity contribution in [3.05, 3.63) is 107 Å². The van der Waals surface area contributed by atoms with Gasteiger partial charge in [0, 0.05) is 19.5 Å². The van der Waals surface area contributed by atoms with Crippen LogP contribution in [0.2, 0.25) is 0 Å². The standard InChI is InChI=1S/C29H33FN2O2/c1-21(2)19-31-29(34)27(17-23-10-5-4-6-11-23)32(20-25-12-8-7-9-22(25)3)28(33)18-24-13-15-26(30)16-14-24/h4-16,21,27H,17-20H2,1-3H3,(H,31,34)/t27-/m0/s1. The van der Waals surface area contributed by atoms with Gasteiger partial charge in [-0.05, 0) is 47.2 Å². The quantitative estimate of drug-likeness (QED) is 0.458. The summed E-state index contributed by atoms with van der Waals surface area (Å²) < 4.78 is 13.4. The van der Waals surface area contributed by atoms with E-state index in [0.29, 0.717) is 31.0 Å². The molecule has 3 aromatic rings. The van der Waals surface area contributed by atoms with Gasteiger partial charge in [0.1, 0.15) is 11.9 Å². The van der Waals surface area contributed by atoms with E-state index >= 15 is 0 Å². The van der Waals surface area contributed by atoms with Crippen LogP contribution in [0.25, 0.3) is 0 Å². The van der Waals surface area contributed by atoms with E-state index in [1.807, 2.05) is 75.4 Å². The van der Waals surface area contributed by atoms with Gasteiger partial charge in [0.15, 0.2) is 0 Å². The van der Waals surface area contributed by atoms with Gasteiger partial charge in [-0.25, -0.2) is 4.39 Å². The maximum Gasteiger partial charge on any atom is 0.243 e. The number of nitrogens with zero attached hydrogens (tertiary/aromatic N) is 1. The lowest BCUT2D eigenvalue weighted by molar-refractivity contribution is -0.140. The lowest BCUT2D eigenvalue weighted by Crippen LogP contribution is -2.51. The fourth-order valence-corrected chi connectivity index (χ4v) is 3.83. The highest BCUT2D eigenvalue weighted by molar-refractivity contribution is 5.88. The van der Waals surface area contributed by atoms with E-state index in [4.69, 9.17) is 0 Å². The summed E-state index contributed by atoms with van der Waals surface area (Å²) in [4.78, 5) is 28.7. The van der Waals surface area contributed by atoms with Gasteiger partial charge >= 0.3 is 0 Å². The SMILES string of the molecule is Cc1ccccc1CN(C(=O)Cc1ccc(F)cc1)[C@@H](Cc1ccccc1)C(=O)NCC(C)C. The molecule has 2 amide bonds. The minimum atomic E-state index is -0.672. The lowest BCUT2D eigenvalue weighted by Gasteiger charge is -2.32. The van der Waals surface area contributed by atoms with Gasteiger partial charge in [0.2, 0.25) is 11.8 Å². The summed E-state index contributed by atoms with van der Waals surface area (Å²) in [6, 6.07) is 22.9. The number of hydrogen-bond donors (Lipinski definition) is 1. The Bertz CT molecular complexity index is 1080. The molecule has 0 aliphatic rings. The van der Waals surface area contributed by atoms with E-state index in [1.54, 1.807) is 17.0 Å². The predicted octanol–water partition coefficient (Wildman–Crippen LogP) is 5.09. The van der Waals surface area contributed by atoms with Crippen molar-refractivity contribution in [3.8, 4) is 0 Å². The minimum absolute atomic E-state index is 0.0922. The number of benzene rings is 3. The van der Waals surface area contributed by atoms with E-state index in [1.165, 1.54) is 12.1 Å². The summed E-state index contributed by atoms with van der Waals surface area (Å²) in [5, 5.41) is 3.03. The van der Waals surface area contributed by atoms with Gasteiger partial charge in [-0.1, -0.05) is 80.6 Å². The molecule has 0 heterocycles. The first-order valence-electron chi connectivity index (χ1n) is 11.7. The number of halogens is 1. The Kier molecular flexibility index (Phi) is 8.97. The second-order valence-corrected chi connectivity index (χ2v) is 9.10. The molecule has 0 aliphatic heterocycles. The first-order chi connectivity index (χ1) is 16.3. The third-order valence-corrected chi connectivity index (χ3v) is 5.83. The molecule has 0 saturated heterocycles. The number of carbonyl (C=O) groups is 2. The Morgan fingerprint density at radius 3 is 2.18 bits per heavy atom. The minimum Gasteiger partial charge on any atom is -0.354 e. The Labute approximate surface area is 201 Å². The first-order valence-corrected chi connectivity index (χ1v) is 11.7. The summed E-state index contributed by atoms with van der Waals surface area (Å²) in [6.45, 7) is 6.94. The predicted molar refractivity (Wildman–Crippen MR) is 134 cm³/mol. The molecule has 0 saturated carbocycles. The lowest BCUT2D eigenvalue weighted by atomic mass is 10.00. The maximum atomic E-state index is 13.6. The fourth-order valence-electron chi connectivity index (χ4n) is 3.83. The zero-order valence-electron chi connectivity index (χ0n) is 20.1. The number of amides is 2. The molecule has 3 rings (SSSR count). The van der Waals surface area contributed by atoms with Crippen molar-refractivity contribution in [2.75, 3.05) is 6.54 Å². The second-order valence-electron chi connectivity index (χ2n) is 9.10. The van der Waals surface area contributed by atoms with Crippen LogP contribution in [-0.2, 0) is 29.0 Å². The van der Waals surface area contributed by atoms with Crippen LogP contribution < -0.4 is 5.32 Å². The summed E-state index contributed by atoms with van der Waals surface area (Å²) >= 11 is 0.